The van der Waals surface area contributed by atoms with Crippen molar-refractivity contribution >= 4 is 11.9 Å². The second kappa shape index (κ2) is 8.31. The molecule has 1 aromatic rings. The molecule has 7 nitrogen and oxygen atoms in total. The zero-order valence-corrected chi connectivity index (χ0v) is 14.5. The van der Waals surface area contributed by atoms with Gasteiger partial charge in [0.05, 0.1) is 26.4 Å². The molecule has 2 atom stereocenters. The van der Waals surface area contributed by atoms with Crippen molar-refractivity contribution < 1.29 is 19.1 Å². The van der Waals surface area contributed by atoms with Gasteiger partial charge in [-0.05, 0) is 12.5 Å². The van der Waals surface area contributed by atoms with Crippen LogP contribution < -0.4 is 5.32 Å². The van der Waals surface area contributed by atoms with Gasteiger partial charge in [0, 0.05) is 19.6 Å². The molecule has 2 aliphatic rings. The van der Waals surface area contributed by atoms with E-state index in [4.69, 9.17) is 9.47 Å². The first-order valence-electron chi connectivity index (χ1n) is 8.73. The van der Waals surface area contributed by atoms with Crippen LogP contribution in [0.5, 0.6) is 0 Å². The standard InChI is InChI=1S/C18H25N3O4/c1-14(19-18(23)20-7-10-24-11-8-20)17(22)21-9-12-25-16(13-21)15-5-3-2-4-6-15/h2-6,14,16H,7-13H2,1H3,(H,19,23)/t14-,16?/m0/s1. The monoisotopic (exact) mass is 347 g/mol. The molecule has 3 amide bonds. The van der Waals surface area contributed by atoms with E-state index in [1.807, 2.05) is 30.3 Å². The van der Waals surface area contributed by atoms with Crippen LogP contribution in [0.2, 0.25) is 0 Å². The normalized spacial score (nSPS) is 22.4. The summed E-state index contributed by atoms with van der Waals surface area (Å²) in [5.74, 6) is -0.0779. The molecule has 0 spiro atoms. The average Bonchev–Trinajstić information content (AvgIpc) is 2.68. The molecule has 2 fully saturated rings. The van der Waals surface area contributed by atoms with Gasteiger partial charge < -0.3 is 24.6 Å². The van der Waals surface area contributed by atoms with E-state index in [0.717, 1.165) is 5.56 Å². The molecule has 1 unspecified atom stereocenters. The Hall–Kier alpha value is -2.12. The van der Waals surface area contributed by atoms with Crippen molar-refractivity contribution in [1.82, 2.24) is 15.1 Å². The molecule has 0 saturated carbocycles. The van der Waals surface area contributed by atoms with E-state index < -0.39 is 6.04 Å². The van der Waals surface area contributed by atoms with E-state index in [-0.39, 0.29) is 18.0 Å². The molecule has 1 aromatic carbocycles. The highest BCUT2D eigenvalue weighted by molar-refractivity contribution is 5.86. The fourth-order valence-corrected chi connectivity index (χ4v) is 3.10. The van der Waals surface area contributed by atoms with Crippen molar-refractivity contribution in [3.8, 4) is 0 Å². The topological polar surface area (TPSA) is 71.1 Å². The maximum absolute atomic E-state index is 12.7. The number of urea groups is 1. The summed E-state index contributed by atoms with van der Waals surface area (Å²) in [5.41, 5.74) is 1.06. The Bertz CT molecular complexity index is 589. The molecular weight excluding hydrogens is 322 g/mol. The Kier molecular flexibility index (Phi) is 5.88. The van der Waals surface area contributed by atoms with Gasteiger partial charge in [-0.1, -0.05) is 30.3 Å². The quantitative estimate of drug-likeness (QED) is 0.886. The van der Waals surface area contributed by atoms with Gasteiger partial charge in [0.25, 0.3) is 0 Å². The van der Waals surface area contributed by atoms with Crippen LogP contribution in [0.15, 0.2) is 30.3 Å². The van der Waals surface area contributed by atoms with E-state index >= 15 is 0 Å². The molecule has 0 aromatic heterocycles. The lowest BCUT2D eigenvalue weighted by Gasteiger charge is -2.35. The lowest BCUT2D eigenvalue weighted by Crippen LogP contribution is -2.54. The number of nitrogens with zero attached hydrogens (tertiary/aromatic N) is 2. The number of carbonyl (C=O) groups is 2. The summed E-state index contributed by atoms with van der Waals surface area (Å²) in [5, 5.41) is 2.80. The third-order valence-corrected chi connectivity index (χ3v) is 4.56. The largest absolute Gasteiger partial charge is 0.378 e. The summed E-state index contributed by atoms with van der Waals surface area (Å²) in [6, 6.07) is 9.11. The van der Waals surface area contributed by atoms with E-state index in [1.54, 1.807) is 16.7 Å². The van der Waals surface area contributed by atoms with Crippen LogP contribution in [0.3, 0.4) is 0 Å². The van der Waals surface area contributed by atoms with E-state index in [0.29, 0.717) is 46.0 Å². The summed E-state index contributed by atoms with van der Waals surface area (Å²) in [6.07, 6.45) is -0.124. The van der Waals surface area contributed by atoms with Gasteiger partial charge >= 0.3 is 6.03 Å². The predicted octanol–water partition coefficient (Wildman–Crippen LogP) is 1.02. The Labute approximate surface area is 147 Å². The number of hydrogen-bond donors (Lipinski definition) is 1. The lowest BCUT2D eigenvalue weighted by atomic mass is 10.1. The van der Waals surface area contributed by atoms with Crippen LogP contribution >= 0.6 is 0 Å². The summed E-state index contributed by atoms with van der Waals surface area (Å²) >= 11 is 0. The molecule has 136 valence electrons. The Balaban J connectivity index is 1.55. The minimum absolute atomic E-state index is 0.0779. The van der Waals surface area contributed by atoms with Crippen molar-refractivity contribution in [2.45, 2.75) is 19.1 Å². The van der Waals surface area contributed by atoms with Crippen molar-refractivity contribution in [3.05, 3.63) is 35.9 Å². The summed E-state index contributed by atoms with van der Waals surface area (Å²) < 4.78 is 11.0. The first-order chi connectivity index (χ1) is 12.1. The Morgan fingerprint density at radius 1 is 1.08 bits per heavy atom. The molecule has 25 heavy (non-hydrogen) atoms. The number of benzene rings is 1. The van der Waals surface area contributed by atoms with Crippen LogP contribution in [0.1, 0.15) is 18.6 Å². The minimum atomic E-state index is -0.565. The van der Waals surface area contributed by atoms with Crippen LogP contribution in [-0.2, 0) is 14.3 Å². The lowest BCUT2D eigenvalue weighted by molar-refractivity contribution is -0.140. The van der Waals surface area contributed by atoms with Crippen molar-refractivity contribution in [3.63, 3.8) is 0 Å². The number of ether oxygens (including phenoxy) is 2. The molecule has 2 aliphatic heterocycles. The van der Waals surface area contributed by atoms with Gasteiger partial charge in [-0.3, -0.25) is 4.79 Å². The molecule has 2 saturated heterocycles. The highest BCUT2D eigenvalue weighted by atomic mass is 16.5. The van der Waals surface area contributed by atoms with Crippen molar-refractivity contribution in [1.29, 1.82) is 0 Å². The molecule has 2 heterocycles. The molecule has 0 radical (unpaired) electrons. The van der Waals surface area contributed by atoms with Gasteiger partial charge in [0.15, 0.2) is 0 Å². The molecular formula is C18H25N3O4. The number of hydrogen-bond acceptors (Lipinski definition) is 4. The number of amides is 3. The third kappa shape index (κ3) is 4.49. The zero-order chi connectivity index (χ0) is 17.6. The van der Waals surface area contributed by atoms with E-state index in [1.165, 1.54) is 0 Å². The first-order valence-corrected chi connectivity index (χ1v) is 8.73. The van der Waals surface area contributed by atoms with Gasteiger partial charge in [0.2, 0.25) is 5.91 Å². The number of carbonyl (C=O) groups excluding carboxylic acids is 2. The first kappa shape index (κ1) is 17.7. The number of morpholine rings is 2. The third-order valence-electron chi connectivity index (χ3n) is 4.56. The smallest absolute Gasteiger partial charge is 0.318 e. The van der Waals surface area contributed by atoms with Crippen LogP contribution in [0, 0.1) is 0 Å². The second-order valence-electron chi connectivity index (χ2n) is 6.32. The van der Waals surface area contributed by atoms with E-state index in [9.17, 15) is 9.59 Å². The van der Waals surface area contributed by atoms with Crippen LogP contribution in [0.4, 0.5) is 4.79 Å². The molecule has 0 bridgehead atoms. The number of rotatable bonds is 3. The van der Waals surface area contributed by atoms with E-state index in [2.05, 4.69) is 5.32 Å². The van der Waals surface area contributed by atoms with Gasteiger partial charge in [-0.2, -0.15) is 0 Å². The molecule has 1 N–H and O–H groups in total. The average molecular weight is 347 g/mol. The van der Waals surface area contributed by atoms with Crippen molar-refractivity contribution in [2.24, 2.45) is 0 Å². The summed E-state index contributed by atoms with van der Waals surface area (Å²) in [7, 11) is 0. The fraction of sp³-hybridized carbons (Fsp3) is 0.556. The SMILES string of the molecule is C[C@H](NC(=O)N1CCOCC1)C(=O)N1CCOC(c2ccccc2)C1. The molecule has 0 aliphatic carbocycles. The molecule has 7 heteroatoms. The van der Waals surface area contributed by atoms with Gasteiger partial charge in [-0.25, -0.2) is 4.79 Å². The van der Waals surface area contributed by atoms with Gasteiger partial charge in [0.1, 0.15) is 12.1 Å². The summed E-state index contributed by atoms with van der Waals surface area (Å²) in [4.78, 5) is 28.4. The zero-order valence-electron chi connectivity index (χ0n) is 14.5. The number of nitrogens with one attached hydrogen (secondary N) is 1. The highest BCUT2D eigenvalue weighted by Gasteiger charge is 2.29. The highest BCUT2D eigenvalue weighted by Crippen LogP contribution is 2.22. The second-order valence-corrected chi connectivity index (χ2v) is 6.32. The Morgan fingerprint density at radius 2 is 1.76 bits per heavy atom. The van der Waals surface area contributed by atoms with Crippen molar-refractivity contribution in [2.75, 3.05) is 46.0 Å². The minimum Gasteiger partial charge on any atom is -0.378 e. The van der Waals surface area contributed by atoms with Crippen LogP contribution in [-0.4, -0.2) is 73.8 Å². The maximum Gasteiger partial charge on any atom is 0.318 e. The van der Waals surface area contributed by atoms with Gasteiger partial charge in [-0.15, -0.1) is 0 Å². The fourth-order valence-electron chi connectivity index (χ4n) is 3.10. The summed E-state index contributed by atoms with van der Waals surface area (Å²) in [6.45, 7) is 5.46. The predicted molar refractivity (Wildman–Crippen MR) is 92.1 cm³/mol. The maximum atomic E-state index is 12.7. The van der Waals surface area contributed by atoms with Crippen LogP contribution in [0.25, 0.3) is 0 Å². The Morgan fingerprint density at radius 3 is 2.48 bits per heavy atom. The molecule has 3 rings (SSSR count).